The molecule has 0 saturated carbocycles. The van der Waals surface area contributed by atoms with Crippen molar-refractivity contribution in [3.05, 3.63) is 65.2 Å². The van der Waals surface area contributed by atoms with E-state index >= 15 is 0 Å². The molecule has 130 valence electrons. The molecule has 2 rings (SSSR count). The third kappa shape index (κ3) is 5.89. The quantitative estimate of drug-likeness (QED) is 0.579. The molecule has 3 N–H and O–H groups in total. The maximum Gasteiger partial charge on any atom is 0.416 e. The number of hydrogen-bond acceptors (Lipinski definition) is 2. The van der Waals surface area contributed by atoms with Crippen LogP contribution in [-0.2, 0) is 19.0 Å². The average Bonchev–Trinajstić information content (AvgIpc) is 2.53. The fraction of sp³-hybridized carbons (Fsp3) is 0.368. The molecule has 24 heavy (non-hydrogen) atoms. The lowest BCUT2D eigenvalue weighted by molar-refractivity contribution is -0.137. The first-order valence-corrected chi connectivity index (χ1v) is 8.08. The molecule has 2 nitrogen and oxygen atoms in total. The van der Waals surface area contributed by atoms with Gasteiger partial charge in [-0.3, -0.25) is 0 Å². The lowest BCUT2D eigenvalue weighted by atomic mass is 10.0. The van der Waals surface area contributed by atoms with Gasteiger partial charge in [0.15, 0.2) is 0 Å². The van der Waals surface area contributed by atoms with Gasteiger partial charge in [0, 0.05) is 11.7 Å². The largest absolute Gasteiger partial charge is 0.416 e. The van der Waals surface area contributed by atoms with Crippen molar-refractivity contribution in [2.45, 2.75) is 38.4 Å². The summed E-state index contributed by atoms with van der Waals surface area (Å²) in [5, 5.41) is 3.41. The summed E-state index contributed by atoms with van der Waals surface area (Å²) in [4.78, 5) is 0. The summed E-state index contributed by atoms with van der Waals surface area (Å²) in [7, 11) is 0. The predicted molar refractivity (Wildman–Crippen MR) is 91.8 cm³/mol. The summed E-state index contributed by atoms with van der Waals surface area (Å²) in [5.41, 5.74) is 7.97. The van der Waals surface area contributed by atoms with Gasteiger partial charge >= 0.3 is 6.18 Å². The Balaban J connectivity index is 1.71. The summed E-state index contributed by atoms with van der Waals surface area (Å²) in [6.07, 6.45) is -1.59. The van der Waals surface area contributed by atoms with Gasteiger partial charge in [-0.2, -0.15) is 13.2 Å². The third-order valence-corrected chi connectivity index (χ3v) is 3.94. The van der Waals surface area contributed by atoms with E-state index in [4.69, 9.17) is 5.73 Å². The second-order valence-electron chi connectivity index (χ2n) is 6.10. The minimum absolute atomic E-state index is 0.216. The second-order valence-corrected chi connectivity index (χ2v) is 6.10. The number of aryl methyl sites for hydroxylation is 1. The van der Waals surface area contributed by atoms with Gasteiger partial charge in [-0.25, -0.2) is 0 Å². The highest BCUT2D eigenvalue weighted by atomic mass is 19.4. The molecule has 0 bridgehead atoms. The van der Waals surface area contributed by atoms with Gasteiger partial charge in [0.2, 0.25) is 0 Å². The van der Waals surface area contributed by atoms with Crippen LogP contribution in [0.25, 0.3) is 0 Å². The molecule has 0 aliphatic rings. The van der Waals surface area contributed by atoms with E-state index in [-0.39, 0.29) is 6.04 Å². The van der Waals surface area contributed by atoms with Gasteiger partial charge in [0.05, 0.1) is 5.56 Å². The van der Waals surface area contributed by atoms with Gasteiger partial charge in [0.25, 0.3) is 0 Å². The molecule has 1 unspecified atom stereocenters. The summed E-state index contributed by atoms with van der Waals surface area (Å²) in [6.45, 7) is 2.91. The maximum atomic E-state index is 12.5. The average molecular weight is 336 g/mol. The van der Waals surface area contributed by atoms with Crippen molar-refractivity contribution in [1.82, 2.24) is 5.32 Å². The van der Waals surface area contributed by atoms with Crippen molar-refractivity contribution in [2.75, 3.05) is 12.3 Å². The Bertz CT molecular complexity index is 619. The third-order valence-electron chi connectivity index (χ3n) is 3.94. The molecule has 5 heteroatoms. The number of alkyl halides is 3. The summed E-state index contributed by atoms with van der Waals surface area (Å²) in [6, 6.07) is 13.5. The van der Waals surface area contributed by atoms with Crippen molar-refractivity contribution >= 4 is 5.69 Å². The molecule has 0 spiro atoms. The Morgan fingerprint density at radius 2 is 1.54 bits per heavy atom. The molecule has 2 aromatic carbocycles. The molecule has 1 atom stereocenters. The molecule has 0 heterocycles. The van der Waals surface area contributed by atoms with Crippen molar-refractivity contribution in [3.63, 3.8) is 0 Å². The summed E-state index contributed by atoms with van der Waals surface area (Å²) in [5.74, 6) is 0. The number of nitrogen functional groups attached to an aromatic ring is 1. The van der Waals surface area contributed by atoms with E-state index in [1.807, 2.05) is 31.2 Å². The maximum absolute atomic E-state index is 12.5. The molecule has 0 radical (unpaired) electrons. The smallest absolute Gasteiger partial charge is 0.399 e. The number of rotatable bonds is 7. The van der Waals surface area contributed by atoms with Crippen molar-refractivity contribution in [2.24, 2.45) is 0 Å². The standard InChI is InChI=1S/C19H23F3N2/c1-14(13-16-4-8-17(9-5-16)19(20,21)22)24-12-2-3-15-6-10-18(23)11-7-15/h4-11,14,24H,2-3,12-13,23H2,1H3. The fourth-order valence-electron chi connectivity index (χ4n) is 2.58. The number of benzene rings is 2. The van der Waals surface area contributed by atoms with Gasteiger partial charge < -0.3 is 11.1 Å². The molecule has 2 aromatic rings. The van der Waals surface area contributed by atoms with Crippen LogP contribution in [0.5, 0.6) is 0 Å². The number of halogens is 3. The first-order chi connectivity index (χ1) is 11.3. The predicted octanol–water partition coefficient (Wildman–Crippen LogP) is 4.44. The zero-order chi connectivity index (χ0) is 17.6. The van der Waals surface area contributed by atoms with E-state index in [2.05, 4.69) is 5.32 Å². The van der Waals surface area contributed by atoms with Crippen LogP contribution in [0.15, 0.2) is 48.5 Å². The Kier molecular flexibility index (Phi) is 6.26. The SMILES string of the molecule is CC(Cc1ccc(C(F)(F)F)cc1)NCCCc1ccc(N)cc1. The summed E-state index contributed by atoms with van der Waals surface area (Å²) < 4.78 is 37.6. The normalized spacial score (nSPS) is 13.0. The van der Waals surface area contributed by atoms with Gasteiger partial charge in [0.1, 0.15) is 0 Å². The zero-order valence-corrected chi connectivity index (χ0v) is 13.7. The van der Waals surface area contributed by atoms with Gasteiger partial charge in [-0.15, -0.1) is 0 Å². The molecule has 0 amide bonds. The molecule has 0 aliphatic carbocycles. The van der Waals surface area contributed by atoms with E-state index in [1.165, 1.54) is 5.56 Å². The van der Waals surface area contributed by atoms with E-state index in [0.29, 0.717) is 6.42 Å². The lowest BCUT2D eigenvalue weighted by Gasteiger charge is -2.14. The Morgan fingerprint density at radius 1 is 0.958 bits per heavy atom. The Labute approximate surface area is 140 Å². The van der Waals surface area contributed by atoms with E-state index < -0.39 is 11.7 Å². The number of nitrogens with one attached hydrogen (secondary N) is 1. The molecule has 0 saturated heterocycles. The number of hydrogen-bond donors (Lipinski definition) is 2. The molecule has 0 fully saturated rings. The van der Waals surface area contributed by atoms with E-state index in [0.717, 1.165) is 42.8 Å². The van der Waals surface area contributed by atoms with Crippen LogP contribution in [0.3, 0.4) is 0 Å². The Morgan fingerprint density at radius 3 is 2.12 bits per heavy atom. The monoisotopic (exact) mass is 336 g/mol. The van der Waals surface area contributed by atoms with E-state index in [1.54, 1.807) is 12.1 Å². The van der Waals surface area contributed by atoms with Crippen LogP contribution in [0, 0.1) is 0 Å². The van der Waals surface area contributed by atoms with Crippen LogP contribution in [-0.4, -0.2) is 12.6 Å². The molecular weight excluding hydrogens is 313 g/mol. The van der Waals surface area contributed by atoms with Crippen LogP contribution < -0.4 is 11.1 Å². The molecular formula is C19H23F3N2. The van der Waals surface area contributed by atoms with Gasteiger partial charge in [-0.1, -0.05) is 24.3 Å². The highest BCUT2D eigenvalue weighted by molar-refractivity contribution is 5.39. The molecule has 0 aliphatic heterocycles. The van der Waals surface area contributed by atoms with Crippen LogP contribution in [0.1, 0.15) is 30.0 Å². The topological polar surface area (TPSA) is 38.0 Å². The van der Waals surface area contributed by atoms with Crippen LogP contribution in [0.2, 0.25) is 0 Å². The lowest BCUT2D eigenvalue weighted by Crippen LogP contribution is -2.29. The van der Waals surface area contributed by atoms with E-state index in [9.17, 15) is 13.2 Å². The zero-order valence-electron chi connectivity index (χ0n) is 13.7. The minimum Gasteiger partial charge on any atom is -0.399 e. The number of anilines is 1. The van der Waals surface area contributed by atoms with Crippen LogP contribution in [0.4, 0.5) is 18.9 Å². The number of nitrogens with two attached hydrogens (primary N) is 1. The first kappa shape index (κ1) is 18.3. The summed E-state index contributed by atoms with van der Waals surface area (Å²) >= 11 is 0. The van der Waals surface area contributed by atoms with Crippen molar-refractivity contribution < 1.29 is 13.2 Å². The van der Waals surface area contributed by atoms with Crippen LogP contribution >= 0.6 is 0 Å². The first-order valence-electron chi connectivity index (χ1n) is 8.08. The fourth-order valence-corrected chi connectivity index (χ4v) is 2.58. The Hall–Kier alpha value is -2.01. The van der Waals surface area contributed by atoms with Crippen molar-refractivity contribution in [1.29, 1.82) is 0 Å². The highest BCUT2D eigenvalue weighted by Crippen LogP contribution is 2.29. The molecule has 0 aromatic heterocycles. The van der Waals surface area contributed by atoms with Gasteiger partial charge in [-0.05, 0) is 68.1 Å². The van der Waals surface area contributed by atoms with Crippen molar-refractivity contribution in [3.8, 4) is 0 Å². The highest BCUT2D eigenvalue weighted by Gasteiger charge is 2.29. The second kappa shape index (κ2) is 8.20. The minimum atomic E-state index is -4.27.